The van der Waals surface area contributed by atoms with Crippen molar-refractivity contribution in [2.75, 3.05) is 71.0 Å². The summed E-state index contributed by atoms with van der Waals surface area (Å²) in [5.41, 5.74) is 38.4. The monoisotopic (exact) mass is 1550 g/mol. The molecule has 0 bridgehead atoms. The van der Waals surface area contributed by atoms with Crippen LogP contribution >= 0.6 is 19.6 Å². The number of hydrogen-bond acceptors (Lipinski definition) is 24. The summed E-state index contributed by atoms with van der Waals surface area (Å²) >= 11 is 1.24. The summed E-state index contributed by atoms with van der Waals surface area (Å²) in [5, 5.41) is 65.4. The Bertz CT molecular complexity index is 3210. The van der Waals surface area contributed by atoms with Crippen LogP contribution in [0.2, 0.25) is 0 Å². The van der Waals surface area contributed by atoms with Crippen LogP contribution < -0.4 is 104 Å². The standard InChI is InChI=1S/C57H100N23O24PS/c1-27(2)43(53(99)76-34(21-41(86)87)47(93)70-24-42(88)89)79-51(97)36(26-104-105(101,102)103)78-44(90)28(3)71-52(98)37-12-8-19-80(37)54(100)33(11-7-18-67-57(63)64)75-50(96)35(25-81)77-49(95)32(15-20-106-4)72-39(83)23-68-38(82)22-69-46(92)31(13-14-40(84)85)74-48(94)30(10-6-17-66-56(61)62)73-45(91)29(58)9-5-16-65-55(59)60/h27-37,43,81H,5-26,58H2,1-4H3,(H,68,82)(H,69,92)(H,70,93)(H,71,98)(H,72,83)(H,73,91)(H,74,94)(H,75,96)(H,76,99)(H,77,95)(H,78,90)(H,79,97)(H,84,85)(H,86,87)(H,88,89)(H4,59,60,65)(H4,61,62,66)(H4,63,64,67)(H2,101,102,103)/t28-,29-,30-,31-,32-,33-,34-,35-,36-,37-,43-/m0/s1. The van der Waals surface area contributed by atoms with Gasteiger partial charge in [0.05, 0.1) is 38.8 Å². The Balaban J connectivity index is 3.30. The smallest absolute Gasteiger partial charge is 0.469 e. The van der Waals surface area contributed by atoms with Crippen LogP contribution in [-0.2, 0) is 85.8 Å². The molecule has 0 aromatic heterocycles. The quantitative estimate of drug-likeness (QED) is 0.0116. The zero-order valence-electron chi connectivity index (χ0n) is 58.7. The molecule has 1 fully saturated rings. The second kappa shape index (κ2) is 48.7. The lowest BCUT2D eigenvalue weighted by Crippen LogP contribution is -2.61. The number of carboxylic acids is 3. The minimum atomic E-state index is -5.39. The van der Waals surface area contributed by atoms with Gasteiger partial charge < -0.3 is 139 Å². The lowest BCUT2D eigenvalue weighted by atomic mass is 10.0. The molecular formula is C57H100N23O24PS. The average Bonchev–Trinajstić information content (AvgIpc) is 1.68. The first-order valence-corrected chi connectivity index (χ1v) is 35.8. The maximum atomic E-state index is 14.5. The van der Waals surface area contributed by atoms with Crippen molar-refractivity contribution in [2.24, 2.45) is 61.0 Å². The minimum Gasteiger partial charge on any atom is -0.481 e. The highest BCUT2D eigenvalue weighted by Crippen LogP contribution is 2.35. The molecule has 0 aliphatic carbocycles. The number of nitrogens with one attached hydrogen (secondary N) is 12. The Hall–Kier alpha value is -10.3. The number of phosphoric ester groups is 1. The van der Waals surface area contributed by atoms with Gasteiger partial charge in [0.1, 0.15) is 67.0 Å². The van der Waals surface area contributed by atoms with E-state index in [0.29, 0.717) is 0 Å². The minimum absolute atomic E-state index is 0.000759. The number of aliphatic imine (C=N–C) groups is 3. The van der Waals surface area contributed by atoms with E-state index in [0.717, 1.165) is 11.8 Å². The number of nitrogens with two attached hydrogens (primary N) is 7. The topological polar surface area (TPSA) is 788 Å². The number of carboxylic acid groups (broad SMARTS) is 3. The van der Waals surface area contributed by atoms with E-state index in [2.05, 4.69) is 78.0 Å². The maximum Gasteiger partial charge on any atom is 0.469 e. The molecule has 598 valence electrons. The third-order valence-electron chi connectivity index (χ3n) is 15.0. The van der Waals surface area contributed by atoms with Gasteiger partial charge in [-0.25, -0.2) is 4.57 Å². The number of carbonyl (C=O) groups is 16. The van der Waals surface area contributed by atoms with Crippen LogP contribution in [0.4, 0.5) is 0 Å². The lowest BCUT2D eigenvalue weighted by Gasteiger charge is -2.30. The van der Waals surface area contributed by atoms with E-state index >= 15 is 0 Å². The first kappa shape index (κ1) is 93.7. The van der Waals surface area contributed by atoms with Gasteiger partial charge in [-0.15, -0.1) is 0 Å². The second-order valence-corrected chi connectivity index (χ2v) is 26.2. The molecule has 32 N–H and O–H groups in total. The van der Waals surface area contributed by atoms with Crippen molar-refractivity contribution < 1.29 is 116 Å². The van der Waals surface area contributed by atoms with Crippen LogP contribution in [0.5, 0.6) is 0 Å². The molecule has 0 aromatic carbocycles. The Kier molecular flexibility index (Phi) is 43.0. The molecule has 11 atom stereocenters. The number of nitrogens with zero attached hydrogens (tertiary/aromatic N) is 4. The summed E-state index contributed by atoms with van der Waals surface area (Å²) < 4.78 is 16.2. The van der Waals surface area contributed by atoms with E-state index in [4.69, 9.17) is 45.2 Å². The Labute approximate surface area is 611 Å². The SMILES string of the molecule is CSCC[C@H](NC(=O)CNC(=O)CNC(=O)[C@H](CCC(=O)O)NC(=O)[C@H](CCCN=C(N)N)NC(=O)[C@@H](N)CCCN=C(N)N)C(=O)N[C@@H](CO)C(=O)N[C@@H](CCCN=C(N)N)C(=O)N1CCC[C@H]1C(=O)N[C@@H](C)C(=O)N[C@@H](COP(=O)(O)O)C(=O)N[C@H](C(=O)N[C@@H](CC(=O)O)C(=O)NCC(=O)O)C(C)C. The van der Waals surface area contributed by atoms with Gasteiger partial charge in [-0.1, -0.05) is 13.8 Å². The van der Waals surface area contributed by atoms with Crippen molar-refractivity contribution in [1.29, 1.82) is 0 Å². The van der Waals surface area contributed by atoms with Gasteiger partial charge in [-0.3, -0.25) is 96.2 Å². The van der Waals surface area contributed by atoms with Crippen molar-refractivity contribution in [3.63, 3.8) is 0 Å². The molecule has 0 saturated carbocycles. The number of guanidine groups is 3. The largest absolute Gasteiger partial charge is 0.481 e. The van der Waals surface area contributed by atoms with Crippen LogP contribution in [0.1, 0.15) is 97.8 Å². The van der Waals surface area contributed by atoms with Crippen molar-refractivity contribution in [1.82, 2.24) is 68.7 Å². The lowest BCUT2D eigenvalue weighted by molar-refractivity contribution is -0.143. The fourth-order valence-corrected chi connectivity index (χ4v) is 10.4. The van der Waals surface area contributed by atoms with Crippen molar-refractivity contribution >= 4 is 132 Å². The van der Waals surface area contributed by atoms with Crippen molar-refractivity contribution in [3.8, 4) is 0 Å². The van der Waals surface area contributed by atoms with Gasteiger partial charge >= 0.3 is 25.7 Å². The summed E-state index contributed by atoms with van der Waals surface area (Å²) in [7, 11) is -5.39. The zero-order chi connectivity index (χ0) is 80.6. The number of likely N-dealkylation sites (tertiary alicyclic amines) is 1. The van der Waals surface area contributed by atoms with Gasteiger partial charge in [-0.05, 0) is 89.1 Å². The molecule has 49 heteroatoms. The molecule has 106 heavy (non-hydrogen) atoms. The van der Waals surface area contributed by atoms with Crippen LogP contribution in [0.15, 0.2) is 15.0 Å². The first-order chi connectivity index (χ1) is 49.6. The number of hydrogen-bond donors (Lipinski definition) is 25. The molecule has 0 aromatic rings. The van der Waals surface area contributed by atoms with Crippen LogP contribution in [0.25, 0.3) is 0 Å². The number of amides is 13. The molecule has 1 heterocycles. The molecule has 1 rings (SSSR count). The number of aliphatic hydroxyl groups is 1. The van der Waals surface area contributed by atoms with E-state index in [1.807, 2.05) is 5.32 Å². The number of thioether (sulfide) groups is 1. The van der Waals surface area contributed by atoms with Gasteiger partial charge in [0.2, 0.25) is 76.8 Å². The molecule has 1 aliphatic rings. The predicted molar refractivity (Wildman–Crippen MR) is 374 cm³/mol. The second-order valence-electron chi connectivity index (χ2n) is 24.0. The average molecular weight is 1550 g/mol. The molecule has 1 aliphatic heterocycles. The third kappa shape index (κ3) is 38.5. The molecule has 0 spiro atoms. The van der Waals surface area contributed by atoms with E-state index in [1.54, 1.807) is 6.26 Å². The summed E-state index contributed by atoms with van der Waals surface area (Å²) in [6.45, 7) is -1.18. The zero-order valence-corrected chi connectivity index (χ0v) is 60.4. The van der Waals surface area contributed by atoms with E-state index < -0.39 is 227 Å². The van der Waals surface area contributed by atoms with Crippen LogP contribution in [0, 0.1) is 5.92 Å². The molecule has 47 nitrogen and oxygen atoms in total. The van der Waals surface area contributed by atoms with Crippen LogP contribution in [-0.4, -0.2) is 285 Å². The Morgan fingerprint density at radius 3 is 1.52 bits per heavy atom. The van der Waals surface area contributed by atoms with E-state index in [-0.39, 0.29) is 108 Å². The van der Waals surface area contributed by atoms with Crippen molar-refractivity contribution in [2.45, 2.75) is 164 Å². The number of rotatable bonds is 51. The van der Waals surface area contributed by atoms with Gasteiger partial charge in [0, 0.05) is 32.6 Å². The van der Waals surface area contributed by atoms with E-state index in [1.165, 1.54) is 25.6 Å². The number of phosphoric acid groups is 1. The summed E-state index contributed by atoms with van der Waals surface area (Å²) in [4.78, 5) is 242. The number of carbonyl (C=O) groups excluding carboxylic acids is 13. The number of aliphatic hydroxyl groups excluding tert-OH is 1. The fraction of sp³-hybridized carbons (Fsp3) is 0.667. The number of aliphatic carboxylic acids is 3. The summed E-state index contributed by atoms with van der Waals surface area (Å²) in [6.07, 6.45) is -0.347. The third-order valence-corrected chi connectivity index (χ3v) is 16.1. The normalized spacial score (nSPS) is 15.3. The Morgan fingerprint density at radius 2 is 0.991 bits per heavy atom. The maximum absolute atomic E-state index is 14.5. The molecule has 13 amide bonds. The highest BCUT2D eigenvalue weighted by molar-refractivity contribution is 7.98. The molecular weight excluding hydrogens is 1450 g/mol. The molecule has 0 unspecified atom stereocenters. The highest BCUT2D eigenvalue weighted by Gasteiger charge is 2.41. The summed E-state index contributed by atoms with van der Waals surface area (Å²) in [6, 6.07) is -17.5. The summed E-state index contributed by atoms with van der Waals surface area (Å²) in [5.74, 6) is -19.7. The Morgan fingerprint density at radius 1 is 0.519 bits per heavy atom. The van der Waals surface area contributed by atoms with Crippen LogP contribution in [0.3, 0.4) is 0 Å². The molecule has 0 radical (unpaired) electrons. The van der Waals surface area contributed by atoms with Gasteiger partial charge in [-0.2, -0.15) is 11.8 Å². The highest BCUT2D eigenvalue weighted by atomic mass is 32.2. The predicted octanol–water partition coefficient (Wildman–Crippen LogP) is -11.9. The first-order valence-electron chi connectivity index (χ1n) is 32.8. The van der Waals surface area contributed by atoms with Gasteiger partial charge in [0.25, 0.3) is 0 Å². The van der Waals surface area contributed by atoms with Gasteiger partial charge in [0.15, 0.2) is 17.9 Å². The molecule has 1 saturated heterocycles. The fourth-order valence-electron chi connectivity index (χ4n) is 9.54. The van der Waals surface area contributed by atoms with E-state index in [9.17, 15) is 106 Å². The van der Waals surface area contributed by atoms with Crippen molar-refractivity contribution in [3.05, 3.63) is 0 Å².